The highest BCUT2D eigenvalue weighted by Gasteiger charge is 2.41. The second-order valence-corrected chi connectivity index (χ2v) is 7.76. The Kier molecular flexibility index (Phi) is 4.91. The standard InChI is InChI=1S/C21H18ClN3O2S/c1-3-10-25-20(12-4-7-14(28-2)8-5-12)17-18(23-24-19(17)21(25)27)15-11-13(22)6-9-16(15)26/h3-9,11,20,26H,1,10H2,2H3,(H,23,24). The smallest absolute Gasteiger partial charge is 0.273 e. The first kappa shape index (κ1) is 18.7. The molecule has 0 spiro atoms. The lowest BCUT2D eigenvalue weighted by Gasteiger charge is -2.25. The van der Waals surface area contributed by atoms with Gasteiger partial charge in [0.15, 0.2) is 0 Å². The van der Waals surface area contributed by atoms with Crippen LogP contribution in [0.25, 0.3) is 11.3 Å². The number of phenols is 1. The molecular weight excluding hydrogens is 394 g/mol. The first-order valence-electron chi connectivity index (χ1n) is 8.68. The van der Waals surface area contributed by atoms with Gasteiger partial charge in [0.1, 0.15) is 17.1 Å². The molecule has 0 bridgehead atoms. The summed E-state index contributed by atoms with van der Waals surface area (Å²) in [5.41, 5.74) is 3.14. The third-order valence-electron chi connectivity index (χ3n) is 4.83. The predicted molar refractivity (Wildman–Crippen MR) is 112 cm³/mol. The van der Waals surface area contributed by atoms with Crippen LogP contribution in [0.5, 0.6) is 5.75 Å². The molecule has 7 heteroatoms. The Bertz CT molecular complexity index is 1060. The van der Waals surface area contributed by atoms with E-state index in [0.29, 0.717) is 28.5 Å². The SMILES string of the molecule is C=CCN1C(=O)c2[nH]nc(-c3cc(Cl)ccc3O)c2C1c1ccc(SC)cc1. The fourth-order valence-electron chi connectivity index (χ4n) is 3.56. The number of nitrogens with zero attached hydrogens (tertiary/aromatic N) is 2. The molecule has 1 aliphatic heterocycles. The van der Waals surface area contributed by atoms with Crippen molar-refractivity contribution < 1.29 is 9.90 Å². The van der Waals surface area contributed by atoms with E-state index < -0.39 is 0 Å². The lowest BCUT2D eigenvalue weighted by molar-refractivity contribution is 0.0764. The van der Waals surface area contributed by atoms with Crippen molar-refractivity contribution in [1.29, 1.82) is 0 Å². The average molecular weight is 412 g/mol. The van der Waals surface area contributed by atoms with E-state index in [4.69, 9.17) is 11.6 Å². The molecule has 2 aromatic carbocycles. The largest absolute Gasteiger partial charge is 0.507 e. The zero-order valence-electron chi connectivity index (χ0n) is 15.1. The highest BCUT2D eigenvalue weighted by molar-refractivity contribution is 7.98. The second kappa shape index (κ2) is 7.37. The number of halogens is 1. The third kappa shape index (κ3) is 2.99. The first-order valence-corrected chi connectivity index (χ1v) is 10.3. The molecule has 3 aromatic rings. The van der Waals surface area contributed by atoms with Crippen molar-refractivity contribution in [3.8, 4) is 17.0 Å². The van der Waals surface area contributed by atoms with Crippen LogP contribution in [0.3, 0.4) is 0 Å². The van der Waals surface area contributed by atoms with E-state index in [1.807, 2.05) is 30.5 Å². The maximum atomic E-state index is 13.0. The van der Waals surface area contributed by atoms with E-state index in [1.54, 1.807) is 34.9 Å². The molecule has 0 aliphatic carbocycles. The van der Waals surface area contributed by atoms with E-state index >= 15 is 0 Å². The van der Waals surface area contributed by atoms with E-state index in [-0.39, 0.29) is 17.7 Å². The summed E-state index contributed by atoms with van der Waals surface area (Å²) in [6, 6.07) is 12.6. The van der Waals surface area contributed by atoms with E-state index in [2.05, 4.69) is 16.8 Å². The lowest BCUT2D eigenvalue weighted by Crippen LogP contribution is -2.29. The minimum atomic E-state index is -0.330. The van der Waals surface area contributed by atoms with Gasteiger partial charge in [-0.3, -0.25) is 9.89 Å². The van der Waals surface area contributed by atoms with Crippen molar-refractivity contribution in [1.82, 2.24) is 15.1 Å². The average Bonchev–Trinajstić information content (AvgIpc) is 3.24. The summed E-state index contributed by atoms with van der Waals surface area (Å²) in [7, 11) is 0. The topological polar surface area (TPSA) is 69.2 Å². The Hall–Kier alpha value is -2.70. The molecule has 0 saturated carbocycles. The summed E-state index contributed by atoms with van der Waals surface area (Å²) in [6.07, 6.45) is 3.73. The molecular formula is C21H18ClN3O2S. The number of amides is 1. The third-order valence-corrected chi connectivity index (χ3v) is 5.81. The number of aromatic hydroxyl groups is 1. The fourth-order valence-corrected chi connectivity index (χ4v) is 4.14. The van der Waals surface area contributed by atoms with Crippen molar-refractivity contribution in [3.63, 3.8) is 0 Å². The van der Waals surface area contributed by atoms with Crippen LogP contribution in [0.15, 0.2) is 60.0 Å². The molecule has 142 valence electrons. The van der Waals surface area contributed by atoms with Crippen LogP contribution in [0, 0.1) is 0 Å². The summed E-state index contributed by atoms with van der Waals surface area (Å²) in [4.78, 5) is 15.9. The van der Waals surface area contributed by atoms with Crippen molar-refractivity contribution in [2.24, 2.45) is 0 Å². The van der Waals surface area contributed by atoms with Gasteiger partial charge in [-0.05, 0) is 42.2 Å². The summed E-state index contributed by atoms with van der Waals surface area (Å²) >= 11 is 7.80. The molecule has 1 aliphatic rings. The number of phenolic OH excluding ortho intramolecular Hbond substituents is 1. The van der Waals surface area contributed by atoms with Crippen LogP contribution in [0.4, 0.5) is 0 Å². The van der Waals surface area contributed by atoms with Gasteiger partial charge in [-0.25, -0.2) is 0 Å². The number of H-pyrrole nitrogens is 1. The van der Waals surface area contributed by atoms with Crippen LogP contribution < -0.4 is 0 Å². The van der Waals surface area contributed by atoms with Crippen molar-refractivity contribution in [3.05, 3.63) is 77.0 Å². The molecule has 2 heterocycles. The molecule has 5 nitrogen and oxygen atoms in total. The van der Waals surface area contributed by atoms with Gasteiger partial charge < -0.3 is 10.0 Å². The van der Waals surface area contributed by atoms with Crippen LogP contribution in [-0.2, 0) is 0 Å². The summed E-state index contributed by atoms with van der Waals surface area (Å²) in [5.74, 6) is -0.0843. The van der Waals surface area contributed by atoms with Gasteiger partial charge >= 0.3 is 0 Å². The van der Waals surface area contributed by atoms with Gasteiger partial charge in [0.05, 0.1) is 6.04 Å². The Morgan fingerprint density at radius 3 is 2.75 bits per heavy atom. The fraction of sp³-hybridized carbons (Fsp3) is 0.143. The van der Waals surface area contributed by atoms with Gasteiger partial charge in [-0.2, -0.15) is 5.10 Å². The summed E-state index contributed by atoms with van der Waals surface area (Å²) < 4.78 is 0. The van der Waals surface area contributed by atoms with Gasteiger partial charge in [0.25, 0.3) is 5.91 Å². The van der Waals surface area contributed by atoms with Gasteiger partial charge in [-0.15, -0.1) is 18.3 Å². The molecule has 1 unspecified atom stereocenters. The van der Waals surface area contributed by atoms with Crippen LogP contribution in [-0.4, -0.2) is 38.9 Å². The first-order chi connectivity index (χ1) is 13.5. The number of nitrogens with one attached hydrogen (secondary N) is 1. The van der Waals surface area contributed by atoms with Crippen molar-refractivity contribution >= 4 is 29.3 Å². The van der Waals surface area contributed by atoms with Crippen LogP contribution >= 0.6 is 23.4 Å². The number of hydrogen-bond acceptors (Lipinski definition) is 4. The number of rotatable bonds is 5. The number of thioether (sulfide) groups is 1. The zero-order chi connectivity index (χ0) is 19.8. The molecule has 0 fully saturated rings. The van der Waals surface area contributed by atoms with Gasteiger partial charge in [0.2, 0.25) is 0 Å². The minimum Gasteiger partial charge on any atom is -0.507 e. The number of aromatic nitrogens is 2. The lowest BCUT2D eigenvalue weighted by atomic mass is 9.96. The molecule has 1 aromatic heterocycles. The Balaban J connectivity index is 1.91. The van der Waals surface area contributed by atoms with E-state index in [1.165, 1.54) is 6.07 Å². The van der Waals surface area contributed by atoms with Gasteiger partial charge in [-0.1, -0.05) is 29.8 Å². The second-order valence-electron chi connectivity index (χ2n) is 6.44. The molecule has 4 rings (SSSR count). The molecule has 2 N–H and O–H groups in total. The highest BCUT2D eigenvalue weighted by atomic mass is 35.5. The number of benzene rings is 2. The number of fused-ring (bicyclic) bond motifs is 1. The van der Waals surface area contributed by atoms with E-state index in [0.717, 1.165) is 16.0 Å². The van der Waals surface area contributed by atoms with Crippen LogP contribution in [0.2, 0.25) is 5.02 Å². The summed E-state index contributed by atoms with van der Waals surface area (Å²) in [5, 5.41) is 18.1. The van der Waals surface area contributed by atoms with Crippen molar-refractivity contribution in [2.45, 2.75) is 10.9 Å². The van der Waals surface area contributed by atoms with Crippen molar-refractivity contribution in [2.75, 3.05) is 12.8 Å². The normalized spacial score (nSPS) is 15.7. The summed E-state index contributed by atoms with van der Waals surface area (Å²) in [6.45, 7) is 4.19. The van der Waals surface area contributed by atoms with Gasteiger partial charge in [0, 0.05) is 27.6 Å². The maximum absolute atomic E-state index is 13.0. The molecule has 1 amide bonds. The molecule has 0 radical (unpaired) electrons. The Morgan fingerprint density at radius 1 is 1.32 bits per heavy atom. The van der Waals surface area contributed by atoms with Crippen LogP contribution in [0.1, 0.15) is 27.7 Å². The number of aromatic amines is 1. The van der Waals surface area contributed by atoms with E-state index in [9.17, 15) is 9.90 Å². The quantitative estimate of drug-likeness (QED) is 0.463. The minimum absolute atomic E-state index is 0.0600. The highest BCUT2D eigenvalue weighted by Crippen LogP contribution is 2.45. The Morgan fingerprint density at radius 2 is 2.07 bits per heavy atom. The molecule has 28 heavy (non-hydrogen) atoms. The monoisotopic (exact) mass is 411 g/mol. The number of carbonyl (C=O) groups excluding carboxylic acids is 1. The molecule has 1 atom stereocenters. The Labute approximate surface area is 172 Å². The zero-order valence-corrected chi connectivity index (χ0v) is 16.7. The predicted octanol–water partition coefficient (Wildman–Crippen LogP) is 4.89. The maximum Gasteiger partial charge on any atom is 0.273 e. The number of carbonyl (C=O) groups is 1. The number of hydrogen-bond donors (Lipinski definition) is 2. The molecule has 0 saturated heterocycles.